The van der Waals surface area contributed by atoms with Crippen molar-refractivity contribution in [2.24, 2.45) is 4.99 Å². The van der Waals surface area contributed by atoms with E-state index in [4.69, 9.17) is 26.2 Å². The first kappa shape index (κ1) is 23.0. The molecule has 0 amide bonds. The fourth-order valence-corrected chi connectivity index (χ4v) is 3.75. The van der Waals surface area contributed by atoms with Crippen molar-refractivity contribution in [1.82, 2.24) is 15.7 Å². The highest BCUT2D eigenvalue weighted by molar-refractivity contribution is 6.31. The maximum Gasteiger partial charge on any atom is 0.416 e. The van der Waals surface area contributed by atoms with Crippen molar-refractivity contribution in [2.45, 2.75) is 32.5 Å². The van der Waals surface area contributed by atoms with Crippen molar-refractivity contribution in [3.8, 4) is 11.5 Å². The highest BCUT2D eigenvalue weighted by Gasteiger charge is 2.31. The fourth-order valence-electron chi connectivity index (χ4n) is 3.43. The summed E-state index contributed by atoms with van der Waals surface area (Å²) in [5.41, 5.74) is 4.87. The summed E-state index contributed by atoms with van der Waals surface area (Å²) < 4.78 is 45.0. The van der Waals surface area contributed by atoms with Crippen LogP contribution in [0.3, 0.4) is 0 Å². The van der Waals surface area contributed by atoms with Crippen molar-refractivity contribution < 1.29 is 22.7 Å². The molecule has 1 atom stereocenters. The maximum absolute atomic E-state index is 13.1. The maximum atomic E-state index is 13.1. The van der Waals surface area contributed by atoms with Crippen LogP contribution >= 0.6 is 11.6 Å². The predicted molar refractivity (Wildman–Crippen MR) is 118 cm³/mol. The van der Waals surface area contributed by atoms with E-state index in [-0.39, 0.29) is 17.5 Å². The molecule has 2 heterocycles. The van der Waals surface area contributed by atoms with E-state index in [2.05, 4.69) is 15.7 Å². The van der Waals surface area contributed by atoms with Gasteiger partial charge in [0.2, 0.25) is 0 Å². The van der Waals surface area contributed by atoms with E-state index in [1.165, 1.54) is 18.3 Å². The number of hydroxylamine groups is 1. The third kappa shape index (κ3) is 5.43. The van der Waals surface area contributed by atoms with Crippen LogP contribution in [0.25, 0.3) is 0 Å². The van der Waals surface area contributed by atoms with Crippen LogP contribution in [0.2, 0.25) is 5.02 Å². The number of aliphatic imine (C=N–C) groups is 1. The molecule has 33 heavy (non-hydrogen) atoms. The zero-order valence-electron chi connectivity index (χ0n) is 17.8. The normalized spacial score (nSPS) is 16.2. The number of aryl methyl sites for hydroxylation is 2. The summed E-state index contributed by atoms with van der Waals surface area (Å²) in [4.78, 5) is 10.3. The Morgan fingerprint density at radius 2 is 2.00 bits per heavy atom. The summed E-state index contributed by atoms with van der Waals surface area (Å²) in [6.45, 7) is 3.98. The average molecular weight is 477 g/mol. The molecule has 0 saturated heterocycles. The Bertz CT molecular complexity index is 1200. The number of hydrogen-bond donors (Lipinski definition) is 1. The molecule has 1 aromatic heterocycles. The van der Waals surface area contributed by atoms with Crippen LogP contribution in [0.1, 0.15) is 27.9 Å². The minimum Gasteiger partial charge on any atom is -0.455 e. The molecule has 1 N–H and O–H groups in total. The molecule has 6 nitrogen and oxygen atoms in total. The lowest BCUT2D eigenvalue weighted by atomic mass is 10.0. The van der Waals surface area contributed by atoms with Gasteiger partial charge < -0.3 is 4.74 Å². The molecule has 0 saturated carbocycles. The first-order valence-corrected chi connectivity index (χ1v) is 10.5. The number of halogens is 4. The van der Waals surface area contributed by atoms with Gasteiger partial charge in [0.15, 0.2) is 11.6 Å². The van der Waals surface area contributed by atoms with Gasteiger partial charge in [0.25, 0.3) is 0 Å². The monoisotopic (exact) mass is 476 g/mol. The van der Waals surface area contributed by atoms with E-state index in [9.17, 15) is 13.2 Å². The van der Waals surface area contributed by atoms with Gasteiger partial charge in [-0.15, -0.1) is 0 Å². The molecule has 2 aromatic carbocycles. The smallest absolute Gasteiger partial charge is 0.416 e. The number of aromatic nitrogens is 2. The Morgan fingerprint density at radius 1 is 1.18 bits per heavy atom. The molecule has 3 aromatic rings. The van der Waals surface area contributed by atoms with E-state index in [0.717, 1.165) is 23.3 Å². The van der Waals surface area contributed by atoms with Crippen LogP contribution in [0.4, 0.5) is 13.2 Å². The summed E-state index contributed by atoms with van der Waals surface area (Å²) in [5.74, 6) is 0.563. The molecule has 10 heteroatoms. The van der Waals surface area contributed by atoms with Gasteiger partial charge in [-0.25, -0.2) is 5.48 Å². The molecule has 1 aliphatic rings. The van der Waals surface area contributed by atoms with Gasteiger partial charge in [-0.3, -0.25) is 9.83 Å². The zero-order valence-corrected chi connectivity index (χ0v) is 18.5. The predicted octanol–water partition coefficient (Wildman–Crippen LogP) is 5.45. The van der Waals surface area contributed by atoms with Gasteiger partial charge in [-0.05, 0) is 55.7 Å². The molecule has 4 rings (SSSR count). The quantitative estimate of drug-likeness (QED) is 0.530. The van der Waals surface area contributed by atoms with Gasteiger partial charge in [0, 0.05) is 5.02 Å². The van der Waals surface area contributed by atoms with Crippen LogP contribution in [-0.4, -0.2) is 28.7 Å². The average Bonchev–Trinajstić information content (AvgIpc) is 2.76. The topological polar surface area (TPSA) is 68.6 Å². The Hall–Kier alpha value is -3.17. The van der Waals surface area contributed by atoms with Crippen molar-refractivity contribution in [3.63, 3.8) is 0 Å². The van der Waals surface area contributed by atoms with Gasteiger partial charge in [0.05, 0.1) is 35.7 Å². The van der Waals surface area contributed by atoms with Crippen molar-refractivity contribution in [2.75, 3.05) is 6.61 Å². The molecule has 1 aliphatic heterocycles. The molecule has 172 valence electrons. The van der Waals surface area contributed by atoms with E-state index in [0.29, 0.717) is 35.1 Å². The lowest BCUT2D eigenvalue weighted by Crippen LogP contribution is -2.37. The molecular weight excluding hydrogens is 457 g/mol. The minimum absolute atomic E-state index is 0.0128. The molecule has 0 aliphatic carbocycles. The second-order valence-electron chi connectivity index (χ2n) is 7.64. The lowest BCUT2D eigenvalue weighted by Gasteiger charge is -2.24. The molecule has 0 radical (unpaired) electrons. The number of hydrogen-bond acceptors (Lipinski definition) is 6. The summed E-state index contributed by atoms with van der Waals surface area (Å²) in [6.07, 6.45) is -2.61. The Kier molecular flexibility index (Phi) is 6.53. The first-order chi connectivity index (χ1) is 15.7. The van der Waals surface area contributed by atoms with Crippen molar-refractivity contribution >= 4 is 17.4 Å². The summed E-state index contributed by atoms with van der Waals surface area (Å²) in [6, 6.07) is 10.2. The second kappa shape index (κ2) is 9.36. The highest BCUT2D eigenvalue weighted by atomic mass is 35.5. The van der Waals surface area contributed by atoms with E-state index in [1.807, 2.05) is 25.1 Å². The van der Waals surface area contributed by atoms with Gasteiger partial charge in [-0.1, -0.05) is 29.8 Å². The van der Waals surface area contributed by atoms with Crippen LogP contribution in [0.15, 0.2) is 53.7 Å². The zero-order chi connectivity index (χ0) is 23.6. The van der Waals surface area contributed by atoms with E-state index < -0.39 is 11.7 Å². The third-order valence-electron chi connectivity index (χ3n) is 5.04. The van der Waals surface area contributed by atoms with Crippen molar-refractivity contribution in [3.05, 3.63) is 81.6 Å². The number of alkyl halides is 3. The standard InChI is InChI=1S/C23H20ClF3N4O2/c1-13-6-7-15(19(24)8-13)9-17-12-32-31-22(29-17)21-14(2)30-28-11-20(21)33-18-5-3-4-16(10-18)23(25,26)27/h3-8,10-11,17H,9,12H2,1-2H3,(H,29,31)/t17-/m1/s1. The first-order valence-electron chi connectivity index (χ1n) is 10.1. The van der Waals surface area contributed by atoms with Crippen LogP contribution < -0.4 is 10.2 Å². The Labute approximate surface area is 193 Å². The van der Waals surface area contributed by atoms with Gasteiger partial charge in [0.1, 0.15) is 5.75 Å². The van der Waals surface area contributed by atoms with Crippen LogP contribution in [-0.2, 0) is 17.4 Å². The lowest BCUT2D eigenvalue weighted by molar-refractivity contribution is -0.137. The number of amidine groups is 1. The number of rotatable bonds is 5. The largest absolute Gasteiger partial charge is 0.455 e. The Balaban J connectivity index is 1.64. The third-order valence-corrected chi connectivity index (χ3v) is 5.39. The number of ether oxygens (including phenoxy) is 1. The summed E-state index contributed by atoms with van der Waals surface area (Å²) in [5, 5.41) is 8.57. The minimum atomic E-state index is -4.48. The number of benzene rings is 2. The van der Waals surface area contributed by atoms with E-state index >= 15 is 0 Å². The highest BCUT2D eigenvalue weighted by Crippen LogP contribution is 2.34. The van der Waals surface area contributed by atoms with Gasteiger partial charge in [-0.2, -0.15) is 23.4 Å². The summed E-state index contributed by atoms with van der Waals surface area (Å²) in [7, 11) is 0. The fraction of sp³-hybridized carbons (Fsp3) is 0.261. The SMILES string of the molecule is Cc1ccc(C[C@@H]2CONC(c3c(Oc4cccc(C(F)(F)F)c4)cnnc3C)=N2)c(Cl)c1. The number of nitrogens with one attached hydrogen (secondary N) is 1. The van der Waals surface area contributed by atoms with E-state index in [1.54, 1.807) is 6.92 Å². The van der Waals surface area contributed by atoms with Crippen LogP contribution in [0.5, 0.6) is 11.5 Å². The molecule has 0 unspecified atom stereocenters. The molecule has 0 spiro atoms. The summed E-state index contributed by atoms with van der Waals surface area (Å²) >= 11 is 6.36. The second-order valence-corrected chi connectivity index (χ2v) is 8.05. The Morgan fingerprint density at radius 3 is 2.76 bits per heavy atom. The van der Waals surface area contributed by atoms with Gasteiger partial charge >= 0.3 is 6.18 Å². The molecule has 0 bridgehead atoms. The van der Waals surface area contributed by atoms with Crippen molar-refractivity contribution in [1.29, 1.82) is 0 Å². The molecule has 0 fully saturated rings. The van der Waals surface area contributed by atoms with Crippen LogP contribution in [0, 0.1) is 13.8 Å². The molecular formula is C23H20ClF3N4O2. The number of nitrogens with zero attached hydrogens (tertiary/aromatic N) is 3.